The van der Waals surface area contributed by atoms with E-state index in [2.05, 4.69) is 26.6 Å². The van der Waals surface area contributed by atoms with Gasteiger partial charge in [-0.2, -0.15) is 0 Å². The van der Waals surface area contributed by atoms with E-state index in [-0.39, 0.29) is 17.9 Å². The van der Waals surface area contributed by atoms with Gasteiger partial charge in [0.25, 0.3) is 11.8 Å². The van der Waals surface area contributed by atoms with Crippen LogP contribution in [-0.2, 0) is 6.42 Å². The quantitative estimate of drug-likeness (QED) is 0.244. The molecule has 0 heterocycles. The van der Waals surface area contributed by atoms with Gasteiger partial charge in [0.05, 0.1) is 18.2 Å². The lowest BCUT2D eigenvalue weighted by Gasteiger charge is -2.15. The third-order valence-electron chi connectivity index (χ3n) is 5.73. The zero-order valence-electron chi connectivity index (χ0n) is 19.9. The van der Waals surface area contributed by atoms with Crippen LogP contribution in [0.25, 0.3) is 0 Å². The molecule has 0 bridgehead atoms. The Labute approximate surface area is 219 Å². The van der Waals surface area contributed by atoms with E-state index in [0.29, 0.717) is 29.2 Å². The van der Waals surface area contributed by atoms with Crippen molar-refractivity contribution in [3.63, 3.8) is 0 Å². The fourth-order valence-corrected chi connectivity index (χ4v) is 4.10. The molecule has 0 fully saturated rings. The lowest BCUT2D eigenvalue weighted by atomic mass is 10.1. The van der Waals surface area contributed by atoms with Crippen LogP contribution in [0.15, 0.2) is 108 Å². The maximum absolute atomic E-state index is 13.1. The number of halogens is 1. The Balaban J connectivity index is 1.38. The molecule has 0 aromatic heterocycles. The number of carbonyl (C=O) groups is 2. The molecule has 1 unspecified atom stereocenters. The molecule has 4 rings (SSSR count). The molecule has 4 aromatic rings. The molecule has 182 valence electrons. The summed E-state index contributed by atoms with van der Waals surface area (Å²) in [5.74, 6) is 0.0452. The number of hydrogen-bond acceptors (Lipinski definition) is 3. The number of benzene rings is 4. The van der Waals surface area contributed by atoms with Crippen LogP contribution in [0.3, 0.4) is 0 Å². The van der Waals surface area contributed by atoms with Gasteiger partial charge >= 0.3 is 0 Å². The lowest BCUT2D eigenvalue weighted by Crippen LogP contribution is -2.26. The van der Waals surface area contributed by atoms with Crippen LogP contribution in [0.5, 0.6) is 5.75 Å². The van der Waals surface area contributed by atoms with Gasteiger partial charge in [-0.3, -0.25) is 9.59 Å². The van der Waals surface area contributed by atoms with Crippen molar-refractivity contribution in [1.82, 2.24) is 5.32 Å². The minimum Gasteiger partial charge on any atom is -0.492 e. The molecule has 0 aliphatic rings. The number of nitrogens with one attached hydrogen (secondary N) is 2. The van der Waals surface area contributed by atoms with Crippen molar-refractivity contribution < 1.29 is 14.3 Å². The van der Waals surface area contributed by atoms with E-state index in [1.54, 1.807) is 36.4 Å². The second-order valence-electron chi connectivity index (χ2n) is 8.36. The van der Waals surface area contributed by atoms with Crippen molar-refractivity contribution in [3.8, 4) is 5.75 Å². The molecular formula is C30H27BrN2O3. The van der Waals surface area contributed by atoms with Crippen molar-refractivity contribution in [2.45, 2.75) is 19.4 Å². The molecule has 36 heavy (non-hydrogen) atoms. The van der Waals surface area contributed by atoms with Gasteiger partial charge in [0, 0.05) is 22.1 Å². The van der Waals surface area contributed by atoms with Crippen LogP contribution < -0.4 is 15.4 Å². The standard InChI is InChI=1S/C30H27BrN2O3/c1-21(23-10-6-3-7-11-23)32-29(34)24-12-15-26(16-13-24)33-30(35)27-20-25(31)14-17-28(27)36-19-18-22-8-4-2-5-9-22/h2-17,20-21H,18-19H2,1H3,(H,32,34)(H,33,35). The van der Waals surface area contributed by atoms with Crippen LogP contribution in [-0.4, -0.2) is 18.4 Å². The summed E-state index contributed by atoms with van der Waals surface area (Å²) in [5, 5.41) is 5.89. The minimum atomic E-state index is -0.291. The van der Waals surface area contributed by atoms with Gasteiger partial charge in [0.2, 0.25) is 0 Å². The highest BCUT2D eigenvalue weighted by Gasteiger charge is 2.15. The summed E-state index contributed by atoms with van der Waals surface area (Å²) in [4.78, 5) is 25.7. The van der Waals surface area contributed by atoms with Crippen molar-refractivity contribution in [1.29, 1.82) is 0 Å². The third kappa shape index (κ3) is 6.83. The van der Waals surface area contributed by atoms with Crippen LogP contribution in [0.4, 0.5) is 5.69 Å². The molecular weight excluding hydrogens is 516 g/mol. The normalized spacial score (nSPS) is 11.4. The SMILES string of the molecule is CC(NC(=O)c1ccc(NC(=O)c2cc(Br)ccc2OCCc2ccccc2)cc1)c1ccccc1. The summed E-state index contributed by atoms with van der Waals surface area (Å²) >= 11 is 3.44. The lowest BCUT2D eigenvalue weighted by molar-refractivity contribution is 0.0939. The minimum absolute atomic E-state index is 0.116. The van der Waals surface area contributed by atoms with E-state index in [4.69, 9.17) is 4.74 Å². The number of rotatable bonds is 9. The first-order chi connectivity index (χ1) is 17.5. The summed E-state index contributed by atoms with van der Waals surface area (Å²) < 4.78 is 6.72. The number of ether oxygens (including phenoxy) is 1. The van der Waals surface area contributed by atoms with Gasteiger partial charge in [-0.05, 0) is 60.5 Å². The monoisotopic (exact) mass is 542 g/mol. The molecule has 0 aliphatic carbocycles. The van der Waals surface area contributed by atoms with Gasteiger partial charge in [0.15, 0.2) is 0 Å². The predicted molar refractivity (Wildman–Crippen MR) is 147 cm³/mol. The molecule has 6 heteroatoms. The predicted octanol–water partition coefficient (Wildman–Crippen LogP) is 6.81. The van der Waals surface area contributed by atoms with Gasteiger partial charge in [-0.15, -0.1) is 0 Å². The Hall–Kier alpha value is -3.90. The number of carbonyl (C=O) groups excluding carboxylic acids is 2. The van der Waals surface area contributed by atoms with Crippen LogP contribution in [0, 0.1) is 0 Å². The molecule has 0 spiro atoms. The fourth-order valence-electron chi connectivity index (χ4n) is 3.74. The van der Waals surface area contributed by atoms with E-state index in [9.17, 15) is 9.59 Å². The number of hydrogen-bond donors (Lipinski definition) is 2. The second-order valence-corrected chi connectivity index (χ2v) is 9.28. The maximum atomic E-state index is 13.1. The van der Waals surface area contributed by atoms with Crippen molar-refractivity contribution in [2.75, 3.05) is 11.9 Å². The molecule has 2 amide bonds. The summed E-state index contributed by atoms with van der Waals surface area (Å²) in [6, 6.07) is 31.9. The van der Waals surface area contributed by atoms with E-state index >= 15 is 0 Å². The Morgan fingerprint density at radius 3 is 2.19 bits per heavy atom. The van der Waals surface area contributed by atoms with Crippen molar-refractivity contribution in [3.05, 3.63) is 130 Å². The smallest absolute Gasteiger partial charge is 0.259 e. The first kappa shape index (κ1) is 25.2. The highest BCUT2D eigenvalue weighted by molar-refractivity contribution is 9.10. The first-order valence-corrected chi connectivity index (χ1v) is 12.5. The largest absolute Gasteiger partial charge is 0.492 e. The number of amides is 2. The van der Waals surface area contributed by atoms with E-state index < -0.39 is 0 Å². The molecule has 2 N–H and O–H groups in total. The Bertz CT molecular complexity index is 1310. The molecule has 0 aliphatic heterocycles. The first-order valence-electron chi connectivity index (χ1n) is 11.7. The average Bonchev–Trinajstić information content (AvgIpc) is 2.91. The molecule has 0 saturated heterocycles. The zero-order chi connectivity index (χ0) is 25.3. The highest BCUT2D eigenvalue weighted by Crippen LogP contribution is 2.25. The van der Waals surface area contributed by atoms with E-state index in [1.165, 1.54) is 5.56 Å². The van der Waals surface area contributed by atoms with Crippen molar-refractivity contribution >= 4 is 33.4 Å². The van der Waals surface area contributed by atoms with E-state index in [0.717, 1.165) is 16.5 Å². The Morgan fingerprint density at radius 2 is 1.50 bits per heavy atom. The van der Waals surface area contributed by atoms with Crippen molar-refractivity contribution in [2.24, 2.45) is 0 Å². The zero-order valence-corrected chi connectivity index (χ0v) is 21.5. The molecule has 4 aromatic carbocycles. The second kappa shape index (κ2) is 12.2. The molecule has 5 nitrogen and oxygen atoms in total. The average molecular weight is 543 g/mol. The van der Waals surface area contributed by atoms with Crippen LogP contribution in [0.2, 0.25) is 0 Å². The summed E-state index contributed by atoms with van der Waals surface area (Å²) in [7, 11) is 0. The van der Waals surface area contributed by atoms with Crippen LogP contribution in [0.1, 0.15) is 44.8 Å². The van der Waals surface area contributed by atoms with Gasteiger partial charge < -0.3 is 15.4 Å². The van der Waals surface area contributed by atoms with Gasteiger partial charge in [0.1, 0.15) is 5.75 Å². The summed E-state index contributed by atoms with van der Waals surface area (Å²) in [6.07, 6.45) is 0.740. The topological polar surface area (TPSA) is 67.4 Å². The Kier molecular flexibility index (Phi) is 8.53. The number of anilines is 1. The van der Waals surface area contributed by atoms with Gasteiger partial charge in [-0.1, -0.05) is 76.6 Å². The highest BCUT2D eigenvalue weighted by atomic mass is 79.9. The summed E-state index contributed by atoms with van der Waals surface area (Å²) in [6.45, 7) is 2.40. The molecule has 0 saturated carbocycles. The third-order valence-corrected chi connectivity index (χ3v) is 6.22. The van der Waals surface area contributed by atoms with E-state index in [1.807, 2.05) is 73.7 Å². The molecule has 0 radical (unpaired) electrons. The maximum Gasteiger partial charge on any atom is 0.259 e. The van der Waals surface area contributed by atoms with Gasteiger partial charge in [-0.25, -0.2) is 0 Å². The van der Waals surface area contributed by atoms with Crippen LogP contribution >= 0.6 is 15.9 Å². The summed E-state index contributed by atoms with van der Waals surface area (Å²) in [5.41, 5.74) is 3.73. The molecule has 1 atom stereocenters. The fraction of sp³-hybridized carbons (Fsp3) is 0.133. The Morgan fingerprint density at radius 1 is 0.833 bits per heavy atom.